The number of hydrogen-bond donors (Lipinski definition) is 3. The van der Waals surface area contributed by atoms with Gasteiger partial charge in [-0.1, -0.05) is 30.4 Å². The number of benzene rings is 1. The molecule has 0 bridgehead atoms. The van der Waals surface area contributed by atoms with E-state index >= 15 is 0 Å². The number of hydrogen-bond acceptors (Lipinski definition) is 7. The lowest BCUT2D eigenvalue weighted by Gasteiger charge is -2.15. The van der Waals surface area contributed by atoms with Crippen molar-refractivity contribution in [1.82, 2.24) is 15.0 Å². The summed E-state index contributed by atoms with van der Waals surface area (Å²) in [5.41, 5.74) is 7.62. The average molecular weight is 314 g/mol. The largest absolute Gasteiger partial charge is 0.393 e. The van der Waals surface area contributed by atoms with Crippen molar-refractivity contribution < 1.29 is 0 Å². The van der Waals surface area contributed by atoms with E-state index in [0.717, 1.165) is 21.8 Å². The van der Waals surface area contributed by atoms with Gasteiger partial charge in [0.1, 0.15) is 12.0 Å². The first kappa shape index (κ1) is 14.5. The van der Waals surface area contributed by atoms with E-state index in [1.54, 1.807) is 11.3 Å². The van der Waals surface area contributed by atoms with Crippen LogP contribution in [0, 0.1) is 0 Å². The summed E-state index contributed by atoms with van der Waals surface area (Å²) in [6.07, 6.45) is 2.49. The molecule has 2 aromatic heterocycles. The van der Waals surface area contributed by atoms with Gasteiger partial charge >= 0.3 is 0 Å². The molecular formula is C15H18N6S. The Balaban J connectivity index is 1.87. The topological polar surface area (TPSA) is 88.8 Å². The summed E-state index contributed by atoms with van der Waals surface area (Å²) < 4.78 is 1.12. The van der Waals surface area contributed by atoms with Gasteiger partial charge in [0.25, 0.3) is 0 Å². The minimum absolute atomic E-state index is 0.299. The molecule has 0 fully saturated rings. The second-order valence-electron chi connectivity index (χ2n) is 5.05. The summed E-state index contributed by atoms with van der Waals surface area (Å²) >= 11 is 1.57. The van der Waals surface area contributed by atoms with E-state index in [9.17, 15) is 0 Å². The fourth-order valence-corrected chi connectivity index (χ4v) is 2.84. The van der Waals surface area contributed by atoms with Gasteiger partial charge < -0.3 is 16.4 Å². The van der Waals surface area contributed by atoms with Gasteiger partial charge in [0.2, 0.25) is 0 Å². The maximum atomic E-state index is 6.16. The van der Waals surface area contributed by atoms with Crippen LogP contribution in [-0.4, -0.2) is 21.0 Å². The molecule has 2 heterocycles. The summed E-state index contributed by atoms with van der Waals surface area (Å²) in [7, 11) is 0. The predicted molar refractivity (Wildman–Crippen MR) is 92.7 cm³/mol. The number of anilines is 4. The molecule has 0 spiro atoms. The lowest BCUT2D eigenvalue weighted by Crippen LogP contribution is -2.16. The smallest absolute Gasteiger partial charge is 0.189 e. The third kappa shape index (κ3) is 2.94. The van der Waals surface area contributed by atoms with Crippen LogP contribution in [0.1, 0.15) is 20.3 Å². The van der Waals surface area contributed by atoms with Crippen LogP contribution in [0.2, 0.25) is 0 Å². The van der Waals surface area contributed by atoms with Gasteiger partial charge in [-0.2, -0.15) is 0 Å². The van der Waals surface area contributed by atoms with Crippen LogP contribution in [0.25, 0.3) is 10.2 Å². The molecule has 3 aromatic rings. The fourth-order valence-electron chi connectivity index (χ4n) is 1.97. The Morgan fingerprint density at radius 3 is 2.77 bits per heavy atom. The van der Waals surface area contributed by atoms with Gasteiger partial charge in [0.15, 0.2) is 16.8 Å². The highest BCUT2D eigenvalue weighted by molar-refractivity contribution is 7.22. The van der Waals surface area contributed by atoms with Crippen LogP contribution in [0.5, 0.6) is 0 Å². The number of nitrogen functional groups attached to an aromatic ring is 1. The first-order chi connectivity index (χ1) is 10.7. The maximum Gasteiger partial charge on any atom is 0.189 e. The van der Waals surface area contributed by atoms with Gasteiger partial charge in [-0.15, -0.1) is 0 Å². The summed E-state index contributed by atoms with van der Waals surface area (Å²) in [6, 6.07) is 8.29. The summed E-state index contributed by atoms with van der Waals surface area (Å²) in [5.74, 6) is 1.22. The highest BCUT2D eigenvalue weighted by Gasteiger charge is 2.12. The third-order valence-corrected chi connectivity index (χ3v) is 4.35. The number of aromatic nitrogens is 3. The zero-order chi connectivity index (χ0) is 15.5. The van der Waals surface area contributed by atoms with Gasteiger partial charge in [0.05, 0.1) is 10.2 Å². The lowest BCUT2D eigenvalue weighted by molar-refractivity contribution is 0.759. The zero-order valence-corrected chi connectivity index (χ0v) is 13.3. The SMILES string of the molecule is CCC(C)Nc1ncnc(Nc2nc3ccccc3s2)c1N. The van der Waals surface area contributed by atoms with Crippen LogP contribution in [0.3, 0.4) is 0 Å². The van der Waals surface area contributed by atoms with Gasteiger partial charge in [-0.25, -0.2) is 15.0 Å². The van der Waals surface area contributed by atoms with Crippen LogP contribution < -0.4 is 16.4 Å². The van der Waals surface area contributed by atoms with Gasteiger partial charge in [-0.3, -0.25) is 0 Å². The summed E-state index contributed by atoms with van der Waals surface area (Å²) in [4.78, 5) is 13.0. The van der Waals surface area contributed by atoms with Crippen molar-refractivity contribution in [3.63, 3.8) is 0 Å². The van der Waals surface area contributed by atoms with Crippen molar-refractivity contribution in [2.75, 3.05) is 16.4 Å². The van der Waals surface area contributed by atoms with E-state index in [0.29, 0.717) is 23.4 Å². The minimum Gasteiger partial charge on any atom is -0.393 e. The molecule has 0 aliphatic heterocycles. The van der Waals surface area contributed by atoms with Crippen molar-refractivity contribution in [1.29, 1.82) is 0 Å². The second-order valence-corrected chi connectivity index (χ2v) is 6.08. The zero-order valence-electron chi connectivity index (χ0n) is 12.5. The molecule has 0 aliphatic rings. The van der Waals surface area contributed by atoms with E-state index < -0.39 is 0 Å². The molecular weight excluding hydrogens is 296 g/mol. The summed E-state index contributed by atoms with van der Waals surface area (Å²) in [6.45, 7) is 4.19. The Kier molecular flexibility index (Phi) is 4.06. The molecule has 0 aliphatic carbocycles. The van der Waals surface area contributed by atoms with E-state index in [4.69, 9.17) is 5.73 Å². The van der Waals surface area contributed by atoms with Crippen LogP contribution in [0.4, 0.5) is 22.5 Å². The molecule has 1 unspecified atom stereocenters. The molecule has 6 nitrogen and oxygen atoms in total. The van der Waals surface area contributed by atoms with Gasteiger partial charge in [-0.05, 0) is 25.5 Å². The Morgan fingerprint density at radius 1 is 1.23 bits per heavy atom. The number of fused-ring (bicyclic) bond motifs is 1. The van der Waals surface area contributed by atoms with Gasteiger partial charge in [0, 0.05) is 6.04 Å². The monoisotopic (exact) mass is 314 g/mol. The highest BCUT2D eigenvalue weighted by atomic mass is 32.1. The first-order valence-corrected chi connectivity index (χ1v) is 7.98. The second kappa shape index (κ2) is 6.15. The van der Waals surface area contributed by atoms with E-state index in [-0.39, 0.29) is 0 Å². The molecule has 7 heteroatoms. The molecule has 1 atom stereocenters. The van der Waals surface area contributed by atoms with Crippen molar-refractivity contribution in [2.45, 2.75) is 26.3 Å². The van der Waals surface area contributed by atoms with E-state index in [1.807, 2.05) is 24.3 Å². The number of nitrogens with two attached hydrogens (primary N) is 1. The molecule has 1 aromatic carbocycles. The predicted octanol–water partition coefficient (Wildman–Crippen LogP) is 3.62. The quantitative estimate of drug-likeness (QED) is 0.666. The maximum absolute atomic E-state index is 6.16. The van der Waals surface area contributed by atoms with Crippen molar-refractivity contribution >= 4 is 44.0 Å². The normalized spacial score (nSPS) is 12.3. The molecule has 3 rings (SSSR count). The Hall–Kier alpha value is -2.41. The van der Waals surface area contributed by atoms with E-state index in [2.05, 4.69) is 39.4 Å². The molecule has 22 heavy (non-hydrogen) atoms. The van der Waals surface area contributed by atoms with Crippen molar-refractivity contribution in [2.24, 2.45) is 0 Å². The number of nitrogens with zero attached hydrogens (tertiary/aromatic N) is 3. The molecule has 0 saturated carbocycles. The Bertz CT molecular complexity index is 752. The van der Waals surface area contributed by atoms with Crippen molar-refractivity contribution in [3.05, 3.63) is 30.6 Å². The standard InChI is InChI=1S/C15H18N6S/c1-3-9(2)19-13-12(16)14(18-8-17-13)21-15-20-10-6-4-5-7-11(10)22-15/h4-9H,3,16H2,1-2H3,(H2,17,18,19,20,21). The van der Waals surface area contributed by atoms with Crippen LogP contribution in [0.15, 0.2) is 30.6 Å². The van der Waals surface area contributed by atoms with Crippen molar-refractivity contribution in [3.8, 4) is 0 Å². The number of rotatable bonds is 5. The fraction of sp³-hybridized carbons (Fsp3) is 0.267. The van der Waals surface area contributed by atoms with E-state index in [1.165, 1.54) is 6.33 Å². The molecule has 114 valence electrons. The summed E-state index contributed by atoms with van der Waals surface area (Å²) in [5, 5.41) is 7.23. The lowest BCUT2D eigenvalue weighted by atomic mass is 10.2. The third-order valence-electron chi connectivity index (χ3n) is 3.40. The molecule has 0 radical (unpaired) electrons. The molecule has 0 amide bonds. The molecule has 4 N–H and O–H groups in total. The minimum atomic E-state index is 0.299. The molecule has 0 saturated heterocycles. The van der Waals surface area contributed by atoms with Crippen LogP contribution in [-0.2, 0) is 0 Å². The number of nitrogens with one attached hydrogen (secondary N) is 2. The average Bonchev–Trinajstić information content (AvgIpc) is 2.93. The van der Waals surface area contributed by atoms with Crippen LogP contribution >= 0.6 is 11.3 Å². The Labute approximate surface area is 132 Å². The number of para-hydroxylation sites is 1. The Morgan fingerprint density at radius 2 is 2.00 bits per heavy atom. The first-order valence-electron chi connectivity index (χ1n) is 7.17. The number of thiazole rings is 1. The highest BCUT2D eigenvalue weighted by Crippen LogP contribution is 2.31.